The van der Waals surface area contributed by atoms with E-state index in [9.17, 15) is 0 Å². The first-order valence-corrected chi connectivity index (χ1v) is 16.5. The summed E-state index contributed by atoms with van der Waals surface area (Å²) in [5.74, 6) is 0. The molecule has 0 fully saturated rings. The van der Waals surface area contributed by atoms with Gasteiger partial charge in [-0.15, -0.1) is 11.1 Å². The predicted octanol–water partition coefficient (Wildman–Crippen LogP) is 4.67. The molecule has 3 rings (SSSR count). The summed E-state index contributed by atoms with van der Waals surface area (Å²) in [7, 11) is -4.05. The van der Waals surface area contributed by atoms with Gasteiger partial charge in [0.25, 0.3) is 0 Å². The van der Waals surface area contributed by atoms with E-state index in [0.29, 0.717) is 0 Å². The van der Waals surface area contributed by atoms with Crippen LogP contribution in [0.2, 0.25) is 19.6 Å². The van der Waals surface area contributed by atoms with Gasteiger partial charge in [0.15, 0.2) is 0 Å². The molecule has 28 heavy (non-hydrogen) atoms. The number of halogens is 1. The van der Waals surface area contributed by atoms with Gasteiger partial charge in [-0.25, -0.2) is 0 Å². The van der Waals surface area contributed by atoms with E-state index in [1.165, 1.54) is 43.0 Å². The third-order valence-corrected chi connectivity index (χ3v) is 13.1. The molecule has 146 valence electrons. The largest absolute Gasteiger partial charge is 0.247 e. The molecule has 3 aromatic carbocycles. The van der Waals surface area contributed by atoms with Gasteiger partial charge in [0.05, 0.1) is 8.07 Å². The molecule has 0 spiro atoms. The average Bonchev–Trinajstić information content (AvgIpc) is 2.64. The Bertz CT molecular complexity index is 980. The van der Waals surface area contributed by atoms with Gasteiger partial charge in [-0.1, -0.05) is 91.1 Å². The zero-order chi connectivity index (χ0) is 20.7. The van der Waals surface area contributed by atoms with Crippen molar-refractivity contribution < 1.29 is 0 Å². The molecule has 3 aromatic rings. The summed E-state index contributed by atoms with van der Waals surface area (Å²) in [5.41, 5.74) is 5.31. The first kappa shape index (κ1) is 21.1. The molecule has 0 radical (unpaired) electrons. The highest BCUT2D eigenvalue weighted by Crippen LogP contribution is 2.18. The van der Waals surface area contributed by atoms with Crippen molar-refractivity contribution in [3.63, 3.8) is 0 Å². The standard InChI is InChI=1S/C25H31ClSi2/c1-18-13-23(27(5,6)7)17-24(14-18)28(26,22-11-9-8-10-12-22)25-15-19(2)21(4)20(3)16-25/h8-17H,1-7H3. The average molecular weight is 423 g/mol. The Morgan fingerprint density at radius 2 is 1.11 bits per heavy atom. The van der Waals surface area contributed by atoms with Crippen LogP contribution in [0.3, 0.4) is 0 Å². The van der Waals surface area contributed by atoms with Crippen LogP contribution < -0.4 is 20.7 Å². The molecule has 0 saturated heterocycles. The highest BCUT2D eigenvalue weighted by Gasteiger charge is 2.39. The van der Waals surface area contributed by atoms with Crippen molar-refractivity contribution in [2.75, 3.05) is 0 Å². The number of aryl methyl sites for hydroxylation is 3. The summed E-state index contributed by atoms with van der Waals surface area (Å²) in [6.07, 6.45) is 0. The van der Waals surface area contributed by atoms with Crippen molar-refractivity contribution in [3.05, 3.63) is 82.9 Å². The van der Waals surface area contributed by atoms with E-state index in [1.54, 1.807) is 0 Å². The van der Waals surface area contributed by atoms with Gasteiger partial charge in [0.2, 0.25) is 7.38 Å². The van der Waals surface area contributed by atoms with Crippen LogP contribution in [0.15, 0.2) is 60.7 Å². The fourth-order valence-corrected chi connectivity index (χ4v) is 9.51. The quantitative estimate of drug-likeness (QED) is 0.325. The van der Waals surface area contributed by atoms with E-state index in [4.69, 9.17) is 11.1 Å². The van der Waals surface area contributed by atoms with Crippen molar-refractivity contribution in [1.29, 1.82) is 0 Å². The molecule has 0 amide bonds. The highest BCUT2D eigenvalue weighted by molar-refractivity contribution is 7.40. The number of rotatable bonds is 4. The van der Waals surface area contributed by atoms with Crippen molar-refractivity contribution in [2.24, 2.45) is 0 Å². The van der Waals surface area contributed by atoms with Gasteiger partial charge < -0.3 is 0 Å². The maximum absolute atomic E-state index is 7.76. The summed E-state index contributed by atoms with van der Waals surface area (Å²) < 4.78 is 0. The van der Waals surface area contributed by atoms with Crippen LogP contribution in [0, 0.1) is 27.7 Å². The van der Waals surface area contributed by atoms with E-state index < -0.39 is 15.5 Å². The van der Waals surface area contributed by atoms with Crippen LogP contribution in [-0.4, -0.2) is 15.5 Å². The van der Waals surface area contributed by atoms with Crippen LogP contribution in [0.5, 0.6) is 0 Å². The van der Waals surface area contributed by atoms with Crippen molar-refractivity contribution in [2.45, 2.75) is 47.3 Å². The molecular weight excluding hydrogens is 392 g/mol. The summed E-state index contributed by atoms with van der Waals surface area (Å²) in [6, 6.07) is 22.5. The van der Waals surface area contributed by atoms with E-state index in [0.717, 1.165) is 0 Å². The van der Waals surface area contributed by atoms with E-state index in [2.05, 4.69) is 108 Å². The molecule has 0 bridgehead atoms. The zero-order valence-electron chi connectivity index (χ0n) is 18.2. The Morgan fingerprint density at radius 3 is 1.64 bits per heavy atom. The lowest BCUT2D eigenvalue weighted by Crippen LogP contribution is -2.64. The molecule has 0 aliphatic rings. The maximum Gasteiger partial charge on any atom is 0.247 e. The molecular formula is C25H31ClSi2. The van der Waals surface area contributed by atoms with Crippen molar-refractivity contribution in [1.82, 2.24) is 0 Å². The summed E-state index contributed by atoms with van der Waals surface area (Å²) in [5, 5.41) is 5.33. The molecule has 0 aliphatic heterocycles. The minimum Gasteiger partial charge on any atom is -0.149 e. The second-order valence-electron chi connectivity index (χ2n) is 9.10. The second kappa shape index (κ2) is 7.66. The Balaban J connectivity index is 2.35. The highest BCUT2D eigenvalue weighted by atomic mass is 35.6. The first-order valence-electron chi connectivity index (χ1n) is 9.99. The lowest BCUT2D eigenvalue weighted by molar-refractivity contribution is 1.28. The fraction of sp³-hybridized carbons (Fsp3) is 0.280. The van der Waals surface area contributed by atoms with Crippen molar-refractivity contribution >= 4 is 47.3 Å². The van der Waals surface area contributed by atoms with Crippen LogP contribution >= 0.6 is 11.1 Å². The number of hydrogen-bond acceptors (Lipinski definition) is 0. The number of benzene rings is 3. The van der Waals surface area contributed by atoms with Gasteiger partial charge in [0.1, 0.15) is 0 Å². The normalized spacial score (nSPS) is 14.0. The lowest BCUT2D eigenvalue weighted by atomic mass is 10.1. The Kier molecular flexibility index (Phi) is 5.77. The van der Waals surface area contributed by atoms with Gasteiger partial charge in [-0.3, -0.25) is 0 Å². The Labute approximate surface area is 177 Å². The lowest BCUT2D eigenvalue weighted by Gasteiger charge is -2.30. The molecule has 0 aliphatic carbocycles. The van der Waals surface area contributed by atoms with E-state index >= 15 is 0 Å². The molecule has 1 atom stereocenters. The Hall–Kier alpha value is -1.62. The number of hydrogen-bond donors (Lipinski definition) is 0. The first-order chi connectivity index (χ1) is 13.0. The van der Waals surface area contributed by atoms with Gasteiger partial charge >= 0.3 is 0 Å². The van der Waals surface area contributed by atoms with Gasteiger partial charge in [-0.05, 0) is 59.9 Å². The maximum atomic E-state index is 7.76. The SMILES string of the molecule is Cc1cc([Si](C)(C)C)cc([Si](Cl)(c2ccccc2)c2cc(C)c(C)c(C)c2)c1. The second-order valence-corrected chi connectivity index (χ2v) is 18.9. The molecule has 0 saturated carbocycles. The van der Waals surface area contributed by atoms with E-state index in [-0.39, 0.29) is 0 Å². The summed E-state index contributed by atoms with van der Waals surface area (Å²) >= 11 is 7.76. The topological polar surface area (TPSA) is 0 Å². The summed E-state index contributed by atoms with van der Waals surface area (Å²) in [4.78, 5) is 0. The van der Waals surface area contributed by atoms with E-state index in [1.807, 2.05) is 0 Å². The fourth-order valence-electron chi connectivity index (χ4n) is 3.82. The van der Waals surface area contributed by atoms with Crippen LogP contribution in [0.25, 0.3) is 0 Å². The minimum absolute atomic E-state index is 1.26. The molecule has 0 nitrogen and oxygen atoms in total. The van der Waals surface area contributed by atoms with Gasteiger partial charge in [-0.2, -0.15) is 0 Å². The Morgan fingerprint density at radius 1 is 0.607 bits per heavy atom. The third-order valence-electron chi connectivity index (χ3n) is 5.84. The smallest absolute Gasteiger partial charge is 0.149 e. The predicted molar refractivity (Wildman–Crippen MR) is 132 cm³/mol. The zero-order valence-corrected chi connectivity index (χ0v) is 20.9. The third kappa shape index (κ3) is 3.91. The van der Waals surface area contributed by atoms with Crippen molar-refractivity contribution in [3.8, 4) is 0 Å². The molecule has 0 heterocycles. The van der Waals surface area contributed by atoms with Crippen LogP contribution in [0.4, 0.5) is 0 Å². The molecule has 1 unspecified atom stereocenters. The van der Waals surface area contributed by atoms with Gasteiger partial charge in [0, 0.05) is 0 Å². The molecule has 0 aromatic heterocycles. The summed E-state index contributed by atoms with van der Waals surface area (Å²) in [6.45, 7) is 16.0. The van der Waals surface area contributed by atoms with Crippen LogP contribution in [-0.2, 0) is 0 Å². The molecule has 3 heteroatoms. The monoisotopic (exact) mass is 422 g/mol. The molecule has 0 N–H and O–H groups in total. The minimum atomic E-state index is -2.61. The van der Waals surface area contributed by atoms with Crippen LogP contribution in [0.1, 0.15) is 22.3 Å².